The summed E-state index contributed by atoms with van der Waals surface area (Å²) in [5.41, 5.74) is 1.34. The van der Waals surface area contributed by atoms with Crippen LogP contribution in [0.15, 0.2) is 59.4 Å². The van der Waals surface area contributed by atoms with Crippen LogP contribution >= 0.6 is 11.6 Å². The number of aromatic nitrogens is 2. The van der Waals surface area contributed by atoms with Gasteiger partial charge in [-0.25, -0.2) is 4.68 Å². The molecule has 3 rings (SSSR count). The lowest BCUT2D eigenvalue weighted by molar-refractivity contribution is 0.101. The summed E-state index contributed by atoms with van der Waals surface area (Å²) in [5, 5.41) is 16.3. The van der Waals surface area contributed by atoms with E-state index in [1.807, 2.05) is 6.07 Å². The van der Waals surface area contributed by atoms with Gasteiger partial charge >= 0.3 is 0 Å². The fourth-order valence-electron chi connectivity index (χ4n) is 2.41. The molecule has 0 saturated carbocycles. The zero-order valence-electron chi connectivity index (χ0n) is 13.7. The molecule has 1 heterocycles. The Bertz CT molecular complexity index is 1080. The predicted octanol–water partition coefficient (Wildman–Crippen LogP) is 3.32. The minimum absolute atomic E-state index is 0.243. The van der Waals surface area contributed by atoms with Crippen LogP contribution < -0.4 is 10.7 Å². The number of anilines is 1. The molecule has 1 N–H and O–H groups in total. The molecule has 128 valence electrons. The quantitative estimate of drug-likeness (QED) is 0.772. The summed E-state index contributed by atoms with van der Waals surface area (Å²) < 4.78 is 1.50. The molecule has 7 heteroatoms. The van der Waals surface area contributed by atoms with Gasteiger partial charge in [-0.15, -0.1) is 0 Å². The molecule has 6 nitrogen and oxygen atoms in total. The van der Waals surface area contributed by atoms with Crippen LogP contribution in [0.5, 0.6) is 0 Å². The summed E-state index contributed by atoms with van der Waals surface area (Å²) in [5.74, 6) is -0.646. The Balaban J connectivity index is 1.98. The van der Waals surface area contributed by atoms with Crippen molar-refractivity contribution in [3.63, 3.8) is 0 Å². The van der Waals surface area contributed by atoms with Gasteiger partial charge in [0.05, 0.1) is 17.3 Å². The largest absolute Gasteiger partial charge is 0.320 e. The average Bonchev–Trinajstić information content (AvgIpc) is 2.63. The first-order valence-corrected chi connectivity index (χ1v) is 8.04. The zero-order chi connectivity index (χ0) is 18.7. The van der Waals surface area contributed by atoms with Crippen molar-refractivity contribution in [3.05, 3.63) is 86.8 Å². The van der Waals surface area contributed by atoms with Crippen LogP contribution in [0.4, 0.5) is 5.69 Å². The molecule has 1 aromatic heterocycles. The van der Waals surface area contributed by atoms with E-state index in [4.69, 9.17) is 16.9 Å². The van der Waals surface area contributed by atoms with Gasteiger partial charge < -0.3 is 5.32 Å². The van der Waals surface area contributed by atoms with Gasteiger partial charge in [0.15, 0.2) is 5.69 Å². The number of carbonyl (C=O) groups is 1. The lowest BCUT2D eigenvalue weighted by atomic mass is 10.2. The number of rotatable bonds is 3. The average molecular weight is 365 g/mol. The lowest BCUT2D eigenvalue weighted by Crippen LogP contribution is -2.26. The normalized spacial score (nSPS) is 10.2. The van der Waals surface area contributed by atoms with Gasteiger partial charge in [0.1, 0.15) is 0 Å². The molecule has 0 atom stereocenters. The standard InChI is InChI=1S/C19H13ClN4O2/c1-12-9-17(25)18(23-24(12)16-7-5-14(20)6-8-16)19(26)22-15-4-2-3-13(10-15)11-21/h2-10H,1H3,(H,22,26). The summed E-state index contributed by atoms with van der Waals surface area (Å²) in [6, 6.07) is 16.6. The maximum absolute atomic E-state index is 12.5. The zero-order valence-corrected chi connectivity index (χ0v) is 14.5. The fraction of sp³-hybridized carbons (Fsp3) is 0.0526. The number of benzene rings is 2. The summed E-state index contributed by atoms with van der Waals surface area (Å²) in [6.45, 7) is 1.72. The molecule has 0 bridgehead atoms. The number of nitrogens with zero attached hydrogens (tertiary/aromatic N) is 3. The second kappa shape index (κ2) is 7.21. The first kappa shape index (κ1) is 17.4. The third-order valence-electron chi connectivity index (χ3n) is 3.64. The Labute approximate surface area is 154 Å². The van der Waals surface area contributed by atoms with E-state index in [-0.39, 0.29) is 5.69 Å². The van der Waals surface area contributed by atoms with E-state index in [1.54, 1.807) is 49.4 Å². The number of hydrogen-bond acceptors (Lipinski definition) is 4. The Morgan fingerprint density at radius 3 is 2.62 bits per heavy atom. The van der Waals surface area contributed by atoms with E-state index < -0.39 is 11.3 Å². The Kier molecular flexibility index (Phi) is 4.83. The van der Waals surface area contributed by atoms with Crippen molar-refractivity contribution in [3.8, 4) is 11.8 Å². The van der Waals surface area contributed by atoms with Crippen molar-refractivity contribution in [2.24, 2.45) is 0 Å². The van der Waals surface area contributed by atoms with E-state index in [2.05, 4.69) is 10.4 Å². The van der Waals surface area contributed by atoms with Crippen molar-refractivity contribution >= 4 is 23.2 Å². The Hall–Kier alpha value is -3.43. The van der Waals surface area contributed by atoms with Gasteiger partial charge in [-0.05, 0) is 49.4 Å². The van der Waals surface area contributed by atoms with E-state index in [0.29, 0.717) is 27.7 Å². The maximum atomic E-state index is 12.5. The smallest absolute Gasteiger partial charge is 0.280 e. The second-order valence-electron chi connectivity index (χ2n) is 5.53. The van der Waals surface area contributed by atoms with Crippen molar-refractivity contribution in [1.29, 1.82) is 5.26 Å². The molecule has 0 aliphatic heterocycles. The van der Waals surface area contributed by atoms with Gasteiger partial charge in [0.2, 0.25) is 5.43 Å². The number of carbonyl (C=O) groups excluding carboxylic acids is 1. The van der Waals surface area contributed by atoms with Crippen LogP contribution in [-0.4, -0.2) is 15.7 Å². The van der Waals surface area contributed by atoms with Crippen molar-refractivity contribution in [2.45, 2.75) is 6.92 Å². The van der Waals surface area contributed by atoms with E-state index in [1.165, 1.54) is 16.8 Å². The van der Waals surface area contributed by atoms with Crippen LogP contribution in [0, 0.1) is 18.3 Å². The van der Waals surface area contributed by atoms with Gasteiger partial charge in [0.25, 0.3) is 5.91 Å². The highest BCUT2D eigenvalue weighted by molar-refractivity contribution is 6.30. The number of halogens is 1. The number of hydrogen-bond donors (Lipinski definition) is 1. The molecule has 0 aliphatic rings. The molecule has 0 unspecified atom stereocenters. The Morgan fingerprint density at radius 2 is 1.92 bits per heavy atom. The van der Waals surface area contributed by atoms with Crippen LogP contribution in [0.2, 0.25) is 5.02 Å². The molecular formula is C19H13ClN4O2. The topological polar surface area (TPSA) is 87.8 Å². The van der Waals surface area contributed by atoms with E-state index in [9.17, 15) is 9.59 Å². The van der Waals surface area contributed by atoms with E-state index in [0.717, 1.165) is 0 Å². The van der Waals surface area contributed by atoms with Crippen LogP contribution in [0.25, 0.3) is 5.69 Å². The number of nitriles is 1. The van der Waals surface area contributed by atoms with Gasteiger partial charge in [-0.1, -0.05) is 17.7 Å². The Morgan fingerprint density at radius 1 is 1.19 bits per heavy atom. The molecule has 0 aliphatic carbocycles. The highest BCUT2D eigenvalue weighted by Crippen LogP contribution is 2.14. The molecule has 0 radical (unpaired) electrons. The highest BCUT2D eigenvalue weighted by Gasteiger charge is 2.15. The molecule has 0 fully saturated rings. The van der Waals surface area contributed by atoms with E-state index >= 15 is 0 Å². The SMILES string of the molecule is Cc1cc(=O)c(C(=O)Nc2cccc(C#N)c2)nn1-c1ccc(Cl)cc1. The third kappa shape index (κ3) is 3.63. The fourth-order valence-corrected chi connectivity index (χ4v) is 2.53. The predicted molar refractivity (Wildman–Crippen MR) is 98.7 cm³/mol. The molecule has 26 heavy (non-hydrogen) atoms. The van der Waals surface area contributed by atoms with Crippen molar-refractivity contribution in [2.75, 3.05) is 5.32 Å². The first-order chi connectivity index (χ1) is 12.5. The highest BCUT2D eigenvalue weighted by atomic mass is 35.5. The van der Waals surface area contributed by atoms with Gasteiger partial charge in [0, 0.05) is 22.5 Å². The number of amides is 1. The van der Waals surface area contributed by atoms with Gasteiger partial charge in [-0.2, -0.15) is 10.4 Å². The summed E-state index contributed by atoms with van der Waals surface area (Å²) in [4.78, 5) is 24.7. The summed E-state index contributed by atoms with van der Waals surface area (Å²) in [6.07, 6.45) is 0. The van der Waals surface area contributed by atoms with Crippen molar-refractivity contribution in [1.82, 2.24) is 9.78 Å². The van der Waals surface area contributed by atoms with Crippen LogP contribution in [-0.2, 0) is 0 Å². The third-order valence-corrected chi connectivity index (χ3v) is 3.90. The number of aryl methyl sites for hydroxylation is 1. The summed E-state index contributed by atoms with van der Waals surface area (Å²) in [7, 11) is 0. The molecule has 0 spiro atoms. The van der Waals surface area contributed by atoms with Crippen LogP contribution in [0.1, 0.15) is 21.7 Å². The minimum Gasteiger partial charge on any atom is -0.320 e. The minimum atomic E-state index is -0.646. The second-order valence-corrected chi connectivity index (χ2v) is 5.97. The summed E-state index contributed by atoms with van der Waals surface area (Å²) >= 11 is 5.89. The first-order valence-electron chi connectivity index (χ1n) is 7.66. The van der Waals surface area contributed by atoms with Gasteiger partial charge in [-0.3, -0.25) is 9.59 Å². The molecule has 2 aromatic carbocycles. The lowest BCUT2D eigenvalue weighted by Gasteiger charge is -2.11. The maximum Gasteiger partial charge on any atom is 0.280 e. The number of nitrogens with one attached hydrogen (secondary N) is 1. The molecule has 0 saturated heterocycles. The van der Waals surface area contributed by atoms with Crippen molar-refractivity contribution < 1.29 is 4.79 Å². The monoisotopic (exact) mass is 364 g/mol. The molecule has 3 aromatic rings. The molecular weight excluding hydrogens is 352 g/mol. The molecule has 1 amide bonds. The van der Waals surface area contributed by atoms with Crippen LogP contribution in [0.3, 0.4) is 0 Å².